The van der Waals surface area contributed by atoms with Crippen molar-refractivity contribution in [2.24, 2.45) is 7.05 Å². The number of pyridine rings is 1. The number of benzene rings is 1. The first-order chi connectivity index (χ1) is 11.6. The van der Waals surface area contributed by atoms with Crippen LogP contribution in [0.2, 0.25) is 0 Å². The average Bonchev–Trinajstić information content (AvgIpc) is 3.04. The van der Waals surface area contributed by atoms with Crippen LogP contribution in [0.15, 0.2) is 67.1 Å². The number of aliphatic hydroxyl groups is 1. The quantitative estimate of drug-likeness (QED) is 0.731. The maximum Gasteiger partial charge on any atom is 0.102 e. The highest BCUT2D eigenvalue weighted by molar-refractivity contribution is 5.28. The van der Waals surface area contributed by atoms with Crippen molar-refractivity contribution in [1.82, 2.24) is 20.1 Å². The van der Waals surface area contributed by atoms with Gasteiger partial charge in [0.25, 0.3) is 0 Å². The number of nitrogens with zero attached hydrogens (tertiary/aromatic N) is 3. The van der Waals surface area contributed by atoms with Gasteiger partial charge in [-0.2, -0.15) is 5.10 Å². The van der Waals surface area contributed by atoms with Crippen LogP contribution in [0.4, 0.5) is 0 Å². The number of aryl methyl sites for hydroxylation is 1. The largest absolute Gasteiger partial charge is 0.384 e. The van der Waals surface area contributed by atoms with Crippen LogP contribution < -0.4 is 5.32 Å². The summed E-state index contributed by atoms with van der Waals surface area (Å²) in [5.74, 6) is 0. The van der Waals surface area contributed by atoms with Gasteiger partial charge in [0.1, 0.15) is 5.60 Å². The van der Waals surface area contributed by atoms with E-state index in [1.807, 2.05) is 49.6 Å². The summed E-state index contributed by atoms with van der Waals surface area (Å²) in [5.41, 5.74) is 1.80. The fourth-order valence-electron chi connectivity index (χ4n) is 2.69. The molecule has 5 nitrogen and oxygen atoms in total. The van der Waals surface area contributed by atoms with Crippen LogP contribution in [0, 0.1) is 0 Å². The van der Waals surface area contributed by atoms with E-state index in [2.05, 4.69) is 27.5 Å². The highest BCUT2D eigenvalue weighted by Crippen LogP contribution is 2.24. The molecule has 3 aromatic rings. The van der Waals surface area contributed by atoms with Crippen LogP contribution in [-0.4, -0.2) is 26.4 Å². The molecule has 0 unspecified atom stereocenters. The standard InChI is InChI=1S/C19H22N4O/c1-19(24,16-12-22-23(2)13-16)14-21-18(15-8-4-3-5-9-15)17-10-6-7-11-20-17/h3-13,18,21,24H,14H2,1-2H3/t18-,19-/m0/s1. The first-order valence-electron chi connectivity index (χ1n) is 7.97. The Hall–Kier alpha value is -2.50. The van der Waals surface area contributed by atoms with Crippen molar-refractivity contribution in [1.29, 1.82) is 0 Å². The molecule has 0 aliphatic rings. The Labute approximate surface area is 142 Å². The molecule has 0 aliphatic heterocycles. The lowest BCUT2D eigenvalue weighted by Gasteiger charge is -2.26. The Morgan fingerprint density at radius 3 is 2.54 bits per heavy atom. The molecule has 0 aliphatic carbocycles. The van der Waals surface area contributed by atoms with Gasteiger partial charge in [0, 0.05) is 31.5 Å². The predicted molar refractivity (Wildman–Crippen MR) is 93.3 cm³/mol. The van der Waals surface area contributed by atoms with E-state index in [1.165, 1.54) is 0 Å². The van der Waals surface area contributed by atoms with Gasteiger partial charge in [-0.1, -0.05) is 36.4 Å². The lowest BCUT2D eigenvalue weighted by Crippen LogP contribution is -2.37. The summed E-state index contributed by atoms with van der Waals surface area (Å²) in [6.07, 6.45) is 5.31. The summed E-state index contributed by atoms with van der Waals surface area (Å²) in [6, 6.07) is 15.9. The summed E-state index contributed by atoms with van der Waals surface area (Å²) < 4.78 is 1.69. The van der Waals surface area contributed by atoms with E-state index in [0.29, 0.717) is 6.54 Å². The van der Waals surface area contributed by atoms with Crippen molar-refractivity contribution in [3.8, 4) is 0 Å². The minimum atomic E-state index is -1.02. The SMILES string of the molecule is Cn1cc([C@@](C)(O)CN[C@@H](c2ccccc2)c2ccccn2)cn1. The summed E-state index contributed by atoms with van der Waals surface area (Å²) in [7, 11) is 1.84. The molecule has 0 spiro atoms. The van der Waals surface area contributed by atoms with Gasteiger partial charge in [0.05, 0.1) is 17.9 Å². The highest BCUT2D eigenvalue weighted by atomic mass is 16.3. The molecule has 2 heterocycles. The summed E-state index contributed by atoms with van der Waals surface area (Å²) >= 11 is 0. The van der Waals surface area contributed by atoms with E-state index in [4.69, 9.17) is 0 Å². The molecule has 0 bridgehead atoms. The fourth-order valence-corrected chi connectivity index (χ4v) is 2.69. The van der Waals surface area contributed by atoms with Gasteiger partial charge in [0.15, 0.2) is 0 Å². The number of aromatic nitrogens is 3. The maximum atomic E-state index is 10.8. The Morgan fingerprint density at radius 1 is 1.17 bits per heavy atom. The molecule has 124 valence electrons. The zero-order valence-electron chi connectivity index (χ0n) is 13.9. The zero-order chi connectivity index (χ0) is 17.0. The first-order valence-corrected chi connectivity index (χ1v) is 7.97. The van der Waals surface area contributed by atoms with Crippen LogP contribution in [0.3, 0.4) is 0 Å². The van der Waals surface area contributed by atoms with Gasteiger partial charge in [0.2, 0.25) is 0 Å². The summed E-state index contributed by atoms with van der Waals surface area (Å²) in [4.78, 5) is 4.47. The van der Waals surface area contributed by atoms with E-state index in [0.717, 1.165) is 16.8 Å². The van der Waals surface area contributed by atoms with Crippen molar-refractivity contribution in [2.45, 2.75) is 18.6 Å². The number of rotatable bonds is 6. The zero-order valence-corrected chi connectivity index (χ0v) is 13.9. The van der Waals surface area contributed by atoms with E-state index in [1.54, 1.807) is 24.0 Å². The van der Waals surface area contributed by atoms with Crippen LogP contribution in [0.25, 0.3) is 0 Å². The predicted octanol–water partition coefficient (Wildman–Crippen LogP) is 2.40. The molecule has 0 radical (unpaired) electrons. The summed E-state index contributed by atoms with van der Waals surface area (Å²) in [6.45, 7) is 2.17. The molecule has 5 heteroatoms. The normalized spacial score (nSPS) is 15.0. The third-order valence-electron chi connectivity index (χ3n) is 4.09. The first kappa shape index (κ1) is 16.4. The molecule has 1 aromatic carbocycles. The lowest BCUT2D eigenvalue weighted by atomic mass is 9.97. The topological polar surface area (TPSA) is 63.0 Å². The number of hydrogen-bond acceptors (Lipinski definition) is 4. The van der Waals surface area contributed by atoms with Crippen molar-refractivity contribution >= 4 is 0 Å². The molecule has 0 amide bonds. The molecular weight excluding hydrogens is 300 g/mol. The van der Waals surface area contributed by atoms with Gasteiger partial charge < -0.3 is 10.4 Å². The van der Waals surface area contributed by atoms with E-state index < -0.39 is 5.60 Å². The average molecular weight is 322 g/mol. The molecule has 2 aromatic heterocycles. The number of hydrogen-bond donors (Lipinski definition) is 2. The van der Waals surface area contributed by atoms with Crippen molar-refractivity contribution in [3.05, 3.63) is 83.9 Å². The van der Waals surface area contributed by atoms with E-state index in [-0.39, 0.29) is 6.04 Å². The van der Waals surface area contributed by atoms with Crippen LogP contribution in [-0.2, 0) is 12.6 Å². The monoisotopic (exact) mass is 322 g/mol. The van der Waals surface area contributed by atoms with E-state index in [9.17, 15) is 5.11 Å². The van der Waals surface area contributed by atoms with Gasteiger partial charge in [-0.05, 0) is 24.6 Å². The molecule has 0 saturated heterocycles. The minimum absolute atomic E-state index is 0.0875. The lowest BCUT2D eigenvalue weighted by molar-refractivity contribution is 0.0548. The molecule has 24 heavy (non-hydrogen) atoms. The molecule has 0 saturated carbocycles. The maximum absolute atomic E-state index is 10.8. The Kier molecular flexibility index (Phi) is 4.74. The Bertz CT molecular complexity index is 729. The van der Waals surface area contributed by atoms with Crippen molar-refractivity contribution < 1.29 is 5.11 Å². The third-order valence-corrected chi connectivity index (χ3v) is 4.09. The van der Waals surface area contributed by atoms with Gasteiger partial charge in [-0.25, -0.2) is 0 Å². The van der Waals surface area contributed by atoms with Gasteiger partial charge in [-0.3, -0.25) is 9.67 Å². The second-order valence-electron chi connectivity index (χ2n) is 6.16. The van der Waals surface area contributed by atoms with Crippen LogP contribution >= 0.6 is 0 Å². The highest BCUT2D eigenvalue weighted by Gasteiger charge is 2.26. The van der Waals surface area contributed by atoms with Crippen molar-refractivity contribution in [3.63, 3.8) is 0 Å². The van der Waals surface area contributed by atoms with Crippen LogP contribution in [0.5, 0.6) is 0 Å². The molecule has 3 rings (SSSR count). The van der Waals surface area contributed by atoms with Crippen molar-refractivity contribution in [2.75, 3.05) is 6.54 Å². The Morgan fingerprint density at radius 2 is 1.92 bits per heavy atom. The fraction of sp³-hybridized carbons (Fsp3) is 0.263. The van der Waals surface area contributed by atoms with Gasteiger partial charge in [-0.15, -0.1) is 0 Å². The van der Waals surface area contributed by atoms with E-state index >= 15 is 0 Å². The van der Waals surface area contributed by atoms with Gasteiger partial charge >= 0.3 is 0 Å². The third kappa shape index (κ3) is 3.69. The molecule has 0 fully saturated rings. The number of nitrogens with one attached hydrogen (secondary N) is 1. The van der Waals surface area contributed by atoms with Crippen LogP contribution in [0.1, 0.15) is 29.8 Å². The summed E-state index contributed by atoms with van der Waals surface area (Å²) in [5, 5.41) is 18.4. The second kappa shape index (κ2) is 6.95. The molecule has 2 N–H and O–H groups in total. The molecular formula is C19H22N4O. The smallest absolute Gasteiger partial charge is 0.102 e. The minimum Gasteiger partial charge on any atom is -0.384 e. The second-order valence-corrected chi connectivity index (χ2v) is 6.16. The molecule has 2 atom stereocenters. The Balaban J connectivity index is 1.82.